The third kappa shape index (κ3) is 6.10. The number of rotatable bonds is 9. The highest BCUT2D eigenvalue weighted by atomic mass is 16.5. The summed E-state index contributed by atoms with van der Waals surface area (Å²) in [6.45, 7) is 5.19. The molecule has 38 heavy (non-hydrogen) atoms. The van der Waals surface area contributed by atoms with E-state index in [4.69, 9.17) is 4.74 Å². The van der Waals surface area contributed by atoms with E-state index in [-0.39, 0.29) is 18.1 Å². The molecule has 9 nitrogen and oxygen atoms in total. The topological polar surface area (TPSA) is 111 Å². The van der Waals surface area contributed by atoms with Crippen molar-refractivity contribution in [1.29, 1.82) is 0 Å². The van der Waals surface area contributed by atoms with Gasteiger partial charge in [0, 0.05) is 55.2 Å². The first-order valence-electron chi connectivity index (χ1n) is 13.2. The normalized spacial score (nSPS) is 17.6. The Labute approximate surface area is 222 Å². The van der Waals surface area contributed by atoms with Gasteiger partial charge >= 0.3 is 12.0 Å². The number of carbonyl (C=O) groups excluding carboxylic acids is 1. The molecule has 5 rings (SSSR count). The average Bonchev–Trinajstić information content (AvgIpc) is 3.59. The van der Waals surface area contributed by atoms with Crippen LogP contribution in [0.2, 0.25) is 0 Å². The van der Waals surface area contributed by atoms with Gasteiger partial charge in [-0.3, -0.25) is 5.10 Å². The van der Waals surface area contributed by atoms with Crippen molar-refractivity contribution in [1.82, 2.24) is 20.4 Å². The van der Waals surface area contributed by atoms with Crippen LogP contribution >= 0.6 is 0 Å². The van der Waals surface area contributed by atoms with E-state index in [9.17, 15) is 14.7 Å². The van der Waals surface area contributed by atoms with Gasteiger partial charge in [-0.1, -0.05) is 24.3 Å². The van der Waals surface area contributed by atoms with E-state index in [1.165, 1.54) is 13.8 Å². The van der Waals surface area contributed by atoms with Crippen LogP contribution in [0.3, 0.4) is 0 Å². The van der Waals surface area contributed by atoms with Crippen LogP contribution in [-0.4, -0.2) is 63.0 Å². The Morgan fingerprint density at radius 3 is 2.71 bits per heavy atom. The Bertz CT molecular complexity index is 1270. The van der Waals surface area contributed by atoms with E-state index in [2.05, 4.69) is 38.6 Å². The number of urea groups is 1. The standard InChI is InChI=1S/C29H35N5O4/c1-29(2,27(35)36)38-26-10-4-9-25(15-26)33-13-5-8-23(19-33)32-28(37)34(24-11-12-24)18-20-6-3-7-21(14-20)22-16-30-31-17-22/h3-4,6-7,9-10,14-17,23-24H,5,8,11-13,18-19H2,1-2H3,(H,30,31)(H,32,37)(H,35,36)/t23-/m0/s1. The number of H-pyrrole nitrogens is 1. The van der Waals surface area contributed by atoms with Crippen molar-refractivity contribution in [2.75, 3.05) is 18.0 Å². The summed E-state index contributed by atoms with van der Waals surface area (Å²) in [5, 5.41) is 19.6. The summed E-state index contributed by atoms with van der Waals surface area (Å²) in [7, 11) is 0. The third-order valence-electron chi connectivity index (χ3n) is 7.18. The average molecular weight is 518 g/mol. The van der Waals surface area contributed by atoms with Crippen molar-refractivity contribution in [2.24, 2.45) is 0 Å². The van der Waals surface area contributed by atoms with Crippen LogP contribution in [0.1, 0.15) is 45.1 Å². The number of nitrogens with zero attached hydrogens (tertiary/aromatic N) is 3. The fourth-order valence-electron chi connectivity index (χ4n) is 4.88. The number of hydrogen-bond donors (Lipinski definition) is 3. The number of aliphatic carboxylic acids is 1. The summed E-state index contributed by atoms with van der Waals surface area (Å²) in [4.78, 5) is 29.1. The zero-order chi connectivity index (χ0) is 26.7. The summed E-state index contributed by atoms with van der Waals surface area (Å²) in [5.41, 5.74) is 2.84. The summed E-state index contributed by atoms with van der Waals surface area (Å²) >= 11 is 0. The van der Waals surface area contributed by atoms with Crippen molar-refractivity contribution in [3.63, 3.8) is 0 Å². The van der Waals surface area contributed by atoms with Crippen LogP contribution in [0.5, 0.6) is 5.75 Å². The number of carboxylic acid groups (broad SMARTS) is 1. The lowest BCUT2D eigenvalue weighted by Crippen LogP contribution is -2.52. The van der Waals surface area contributed by atoms with Gasteiger partial charge < -0.3 is 25.0 Å². The Balaban J connectivity index is 1.23. The molecule has 2 amide bonds. The molecular formula is C29H35N5O4. The smallest absolute Gasteiger partial charge is 0.347 e. The SMILES string of the molecule is CC(C)(Oc1cccc(N2CCC[C@H](NC(=O)N(Cc3cccc(-c4cn[nH]c4)c3)C3CC3)C2)c1)C(=O)O. The molecule has 1 aliphatic carbocycles. The van der Waals surface area contributed by atoms with Crippen molar-refractivity contribution < 1.29 is 19.4 Å². The lowest BCUT2D eigenvalue weighted by Gasteiger charge is -2.36. The number of carboxylic acids is 1. The first-order valence-corrected chi connectivity index (χ1v) is 13.2. The molecule has 2 heterocycles. The zero-order valence-corrected chi connectivity index (χ0v) is 21.9. The van der Waals surface area contributed by atoms with Gasteiger partial charge in [0.25, 0.3) is 0 Å². The van der Waals surface area contributed by atoms with Gasteiger partial charge in [0.1, 0.15) is 5.75 Å². The van der Waals surface area contributed by atoms with Crippen molar-refractivity contribution in [3.05, 3.63) is 66.5 Å². The predicted octanol–water partition coefficient (Wildman–Crippen LogP) is 4.66. The van der Waals surface area contributed by atoms with Gasteiger partial charge in [-0.05, 0) is 68.9 Å². The van der Waals surface area contributed by atoms with Crippen LogP contribution < -0.4 is 15.0 Å². The Morgan fingerprint density at radius 2 is 1.97 bits per heavy atom. The number of ether oxygens (including phenoxy) is 1. The van der Waals surface area contributed by atoms with E-state index in [0.29, 0.717) is 18.8 Å². The van der Waals surface area contributed by atoms with Crippen LogP contribution in [0, 0.1) is 0 Å². The molecule has 2 aromatic carbocycles. The fraction of sp³-hybridized carbons (Fsp3) is 0.414. The van der Waals surface area contributed by atoms with Crippen LogP contribution in [0.15, 0.2) is 60.9 Å². The number of anilines is 1. The first-order chi connectivity index (χ1) is 18.3. The molecule has 0 spiro atoms. The molecule has 1 atom stereocenters. The van der Waals surface area contributed by atoms with E-state index in [0.717, 1.165) is 54.6 Å². The minimum Gasteiger partial charge on any atom is -0.478 e. The largest absolute Gasteiger partial charge is 0.478 e. The third-order valence-corrected chi connectivity index (χ3v) is 7.18. The Kier molecular flexibility index (Phi) is 7.26. The molecule has 2 fully saturated rings. The van der Waals surface area contributed by atoms with E-state index < -0.39 is 11.6 Å². The minimum atomic E-state index is -1.32. The molecule has 1 aliphatic heterocycles. The summed E-state index contributed by atoms with van der Waals surface area (Å²) in [6.07, 6.45) is 7.60. The zero-order valence-electron chi connectivity index (χ0n) is 21.9. The molecule has 2 aliphatic rings. The number of hydrogen-bond acceptors (Lipinski definition) is 5. The molecule has 0 radical (unpaired) electrons. The molecule has 1 saturated heterocycles. The fourth-order valence-corrected chi connectivity index (χ4v) is 4.88. The van der Waals surface area contributed by atoms with Crippen LogP contribution in [0.4, 0.5) is 10.5 Å². The van der Waals surface area contributed by atoms with E-state index >= 15 is 0 Å². The lowest BCUT2D eigenvalue weighted by atomic mass is 10.0. The molecule has 3 aromatic rings. The molecule has 3 N–H and O–H groups in total. The van der Waals surface area contributed by atoms with Crippen molar-refractivity contribution in [2.45, 2.75) is 63.8 Å². The molecule has 200 valence electrons. The molecule has 1 aromatic heterocycles. The van der Waals surface area contributed by atoms with Gasteiger partial charge in [0.05, 0.1) is 6.20 Å². The maximum Gasteiger partial charge on any atom is 0.347 e. The summed E-state index contributed by atoms with van der Waals surface area (Å²) in [5.74, 6) is -0.504. The quantitative estimate of drug-likeness (QED) is 0.381. The number of aromatic nitrogens is 2. The second-order valence-electron chi connectivity index (χ2n) is 10.7. The van der Waals surface area contributed by atoms with Gasteiger partial charge in [-0.2, -0.15) is 5.10 Å². The number of aromatic amines is 1. The summed E-state index contributed by atoms with van der Waals surface area (Å²) < 4.78 is 5.73. The summed E-state index contributed by atoms with van der Waals surface area (Å²) in [6, 6.07) is 16.0. The number of amides is 2. The highest BCUT2D eigenvalue weighted by Gasteiger charge is 2.34. The maximum absolute atomic E-state index is 13.4. The molecule has 0 bridgehead atoms. The van der Waals surface area contributed by atoms with Crippen molar-refractivity contribution >= 4 is 17.7 Å². The molecule has 0 unspecified atom stereocenters. The van der Waals surface area contributed by atoms with Crippen LogP contribution in [-0.2, 0) is 11.3 Å². The number of carbonyl (C=O) groups is 2. The molecular weight excluding hydrogens is 482 g/mol. The molecule has 9 heteroatoms. The van der Waals surface area contributed by atoms with Crippen LogP contribution in [0.25, 0.3) is 11.1 Å². The lowest BCUT2D eigenvalue weighted by molar-refractivity contribution is -0.152. The van der Waals surface area contributed by atoms with Crippen molar-refractivity contribution in [3.8, 4) is 16.9 Å². The highest BCUT2D eigenvalue weighted by Crippen LogP contribution is 2.30. The van der Waals surface area contributed by atoms with Gasteiger partial charge in [0.15, 0.2) is 5.60 Å². The number of benzene rings is 2. The van der Waals surface area contributed by atoms with E-state index in [1.807, 2.05) is 35.4 Å². The second-order valence-corrected chi connectivity index (χ2v) is 10.7. The number of piperidine rings is 1. The second kappa shape index (κ2) is 10.8. The predicted molar refractivity (Wildman–Crippen MR) is 145 cm³/mol. The van der Waals surface area contributed by atoms with Gasteiger partial charge in [-0.25, -0.2) is 9.59 Å². The van der Waals surface area contributed by atoms with Gasteiger partial charge in [0.2, 0.25) is 0 Å². The van der Waals surface area contributed by atoms with Gasteiger partial charge in [-0.15, -0.1) is 0 Å². The maximum atomic E-state index is 13.4. The minimum absolute atomic E-state index is 0.0200. The monoisotopic (exact) mass is 517 g/mol. The van der Waals surface area contributed by atoms with E-state index in [1.54, 1.807) is 12.3 Å². The molecule has 1 saturated carbocycles. The number of nitrogens with one attached hydrogen (secondary N) is 2. The Morgan fingerprint density at radius 1 is 1.16 bits per heavy atom. The Hall–Kier alpha value is -4.01. The highest BCUT2D eigenvalue weighted by molar-refractivity contribution is 5.77. The first kappa shape index (κ1) is 25.6.